The van der Waals surface area contributed by atoms with Gasteiger partial charge in [0, 0.05) is 7.05 Å². The monoisotopic (exact) mass is 143 g/mol. The molecule has 0 bridgehead atoms. The zero-order valence-electron chi connectivity index (χ0n) is 5.89. The van der Waals surface area contributed by atoms with Gasteiger partial charge >= 0.3 is 0 Å². The molecule has 1 radical (unpaired) electrons. The SMILES string of the molecule is CCOc1[c]nn(C)c1F. The fourth-order valence-electron chi connectivity index (χ4n) is 0.594. The first-order valence-electron chi connectivity index (χ1n) is 2.98. The fourth-order valence-corrected chi connectivity index (χ4v) is 0.594. The standard InChI is InChI=1S/C6H8FN2O/c1-3-10-5-4-8-9(2)6(5)7/h3H2,1-2H3. The lowest BCUT2D eigenvalue weighted by molar-refractivity contribution is 0.315. The van der Waals surface area contributed by atoms with E-state index >= 15 is 0 Å². The van der Waals surface area contributed by atoms with Crippen molar-refractivity contribution in [3.63, 3.8) is 0 Å². The van der Waals surface area contributed by atoms with Crippen molar-refractivity contribution in [2.75, 3.05) is 6.61 Å². The number of halogens is 1. The van der Waals surface area contributed by atoms with Crippen LogP contribution in [0.5, 0.6) is 5.75 Å². The summed E-state index contributed by atoms with van der Waals surface area (Å²) >= 11 is 0. The van der Waals surface area contributed by atoms with Gasteiger partial charge < -0.3 is 4.74 Å². The molecule has 0 spiro atoms. The second kappa shape index (κ2) is 2.68. The van der Waals surface area contributed by atoms with Crippen molar-refractivity contribution in [3.05, 3.63) is 12.1 Å². The van der Waals surface area contributed by atoms with E-state index in [1.807, 2.05) is 0 Å². The molecule has 0 saturated heterocycles. The summed E-state index contributed by atoms with van der Waals surface area (Å²) in [5.41, 5.74) is 0. The van der Waals surface area contributed by atoms with E-state index in [2.05, 4.69) is 11.3 Å². The van der Waals surface area contributed by atoms with E-state index < -0.39 is 5.95 Å². The van der Waals surface area contributed by atoms with Crippen molar-refractivity contribution in [2.24, 2.45) is 7.05 Å². The lowest BCUT2D eigenvalue weighted by atomic mass is 10.6. The number of aromatic nitrogens is 2. The number of rotatable bonds is 2. The predicted octanol–water partition coefficient (Wildman–Crippen LogP) is 0.758. The summed E-state index contributed by atoms with van der Waals surface area (Å²) in [5.74, 6) is -0.396. The summed E-state index contributed by atoms with van der Waals surface area (Å²) < 4.78 is 18.6. The maximum Gasteiger partial charge on any atom is 0.254 e. The molecule has 0 unspecified atom stereocenters. The van der Waals surface area contributed by atoms with E-state index in [0.29, 0.717) is 6.61 Å². The van der Waals surface area contributed by atoms with E-state index in [1.165, 1.54) is 7.05 Å². The average Bonchev–Trinajstić information content (AvgIpc) is 2.20. The van der Waals surface area contributed by atoms with Gasteiger partial charge in [-0.05, 0) is 6.92 Å². The Morgan fingerprint density at radius 3 is 2.90 bits per heavy atom. The molecule has 0 atom stereocenters. The Morgan fingerprint density at radius 1 is 1.80 bits per heavy atom. The van der Waals surface area contributed by atoms with Gasteiger partial charge in [-0.2, -0.15) is 9.49 Å². The highest BCUT2D eigenvalue weighted by molar-refractivity contribution is 5.12. The average molecular weight is 143 g/mol. The van der Waals surface area contributed by atoms with Gasteiger partial charge in [-0.3, -0.25) is 0 Å². The van der Waals surface area contributed by atoms with Crippen LogP contribution >= 0.6 is 0 Å². The summed E-state index contributed by atoms with van der Waals surface area (Å²) in [6.45, 7) is 2.21. The third kappa shape index (κ3) is 1.10. The highest BCUT2D eigenvalue weighted by Gasteiger charge is 2.07. The highest BCUT2D eigenvalue weighted by Crippen LogP contribution is 2.12. The lowest BCUT2D eigenvalue weighted by Crippen LogP contribution is -1.96. The Hall–Kier alpha value is -1.06. The maximum absolute atomic E-state index is 12.7. The van der Waals surface area contributed by atoms with Crippen molar-refractivity contribution in [1.82, 2.24) is 9.78 Å². The summed E-state index contributed by atoms with van der Waals surface area (Å²) in [6.07, 6.45) is 2.39. The van der Waals surface area contributed by atoms with E-state index in [0.717, 1.165) is 4.68 Å². The third-order valence-corrected chi connectivity index (χ3v) is 1.06. The van der Waals surface area contributed by atoms with Crippen LogP contribution in [0, 0.1) is 12.1 Å². The Morgan fingerprint density at radius 2 is 2.50 bits per heavy atom. The minimum atomic E-state index is -0.484. The molecule has 0 amide bonds. The van der Waals surface area contributed by atoms with Crippen molar-refractivity contribution < 1.29 is 9.13 Å². The van der Waals surface area contributed by atoms with Crippen molar-refractivity contribution >= 4 is 0 Å². The molecule has 10 heavy (non-hydrogen) atoms. The highest BCUT2D eigenvalue weighted by atomic mass is 19.1. The number of aryl methyl sites for hydroxylation is 1. The Balaban J connectivity index is 2.83. The number of nitrogens with zero attached hydrogens (tertiary/aromatic N) is 2. The van der Waals surface area contributed by atoms with E-state index in [-0.39, 0.29) is 5.75 Å². The first kappa shape index (κ1) is 7.05. The van der Waals surface area contributed by atoms with E-state index in [9.17, 15) is 4.39 Å². The zero-order valence-corrected chi connectivity index (χ0v) is 5.89. The van der Waals surface area contributed by atoms with Crippen LogP contribution in [0.4, 0.5) is 4.39 Å². The van der Waals surface area contributed by atoms with E-state index in [4.69, 9.17) is 4.74 Å². The largest absolute Gasteiger partial charge is 0.487 e. The molecule has 0 aliphatic rings. The number of hydrogen-bond acceptors (Lipinski definition) is 2. The first-order chi connectivity index (χ1) is 4.75. The summed E-state index contributed by atoms with van der Waals surface area (Å²) in [5, 5.41) is 3.53. The molecule has 0 fully saturated rings. The predicted molar refractivity (Wildman–Crippen MR) is 33.2 cm³/mol. The molecule has 1 rings (SSSR count). The maximum atomic E-state index is 12.7. The quantitative estimate of drug-likeness (QED) is 0.611. The van der Waals surface area contributed by atoms with Gasteiger partial charge in [0.15, 0.2) is 6.20 Å². The third-order valence-electron chi connectivity index (χ3n) is 1.06. The molecule has 4 heteroatoms. The van der Waals surface area contributed by atoms with Gasteiger partial charge in [0.2, 0.25) is 5.75 Å². The van der Waals surface area contributed by atoms with Gasteiger partial charge in [-0.1, -0.05) is 0 Å². The zero-order chi connectivity index (χ0) is 7.56. The van der Waals surface area contributed by atoms with Gasteiger partial charge in [-0.15, -0.1) is 0 Å². The molecule has 0 N–H and O–H groups in total. The van der Waals surface area contributed by atoms with Crippen LogP contribution in [0.3, 0.4) is 0 Å². The fraction of sp³-hybridized carbons (Fsp3) is 0.500. The number of hydrogen-bond donors (Lipinski definition) is 0. The molecule has 0 aromatic carbocycles. The molecule has 0 saturated carbocycles. The summed E-state index contributed by atoms with van der Waals surface area (Å²) in [7, 11) is 1.49. The molecule has 0 aliphatic carbocycles. The van der Waals surface area contributed by atoms with Gasteiger partial charge in [0.25, 0.3) is 5.95 Å². The van der Waals surface area contributed by atoms with Gasteiger partial charge in [0.1, 0.15) is 0 Å². The molecular formula is C6H8FN2O. The van der Waals surface area contributed by atoms with Gasteiger partial charge in [-0.25, -0.2) is 4.68 Å². The van der Waals surface area contributed by atoms with E-state index in [1.54, 1.807) is 6.92 Å². The molecular weight excluding hydrogens is 135 g/mol. The topological polar surface area (TPSA) is 27.1 Å². The minimum absolute atomic E-state index is 0.0880. The van der Waals surface area contributed by atoms with Crippen LogP contribution in [0.15, 0.2) is 0 Å². The van der Waals surface area contributed by atoms with Crippen molar-refractivity contribution in [2.45, 2.75) is 6.92 Å². The Kier molecular flexibility index (Phi) is 1.89. The molecule has 3 nitrogen and oxygen atoms in total. The van der Waals surface area contributed by atoms with Crippen molar-refractivity contribution in [1.29, 1.82) is 0 Å². The van der Waals surface area contributed by atoms with Gasteiger partial charge in [0.05, 0.1) is 6.61 Å². The van der Waals surface area contributed by atoms with Crippen LogP contribution in [-0.2, 0) is 7.05 Å². The van der Waals surface area contributed by atoms with Crippen LogP contribution in [0.2, 0.25) is 0 Å². The smallest absolute Gasteiger partial charge is 0.254 e. The summed E-state index contributed by atoms with van der Waals surface area (Å²) in [6, 6.07) is 0. The Bertz CT molecular complexity index is 222. The van der Waals surface area contributed by atoms with Crippen LogP contribution < -0.4 is 4.74 Å². The lowest BCUT2D eigenvalue weighted by Gasteiger charge is -1.96. The van der Waals surface area contributed by atoms with Crippen molar-refractivity contribution in [3.8, 4) is 5.75 Å². The summed E-state index contributed by atoms with van der Waals surface area (Å²) in [4.78, 5) is 0. The normalized spacial score (nSPS) is 9.90. The van der Waals surface area contributed by atoms with Crippen LogP contribution in [0.25, 0.3) is 0 Å². The molecule has 1 heterocycles. The second-order valence-electron chi connectivity index (χ2n) is 1.79. The first-order valence-corrected chi connectivity index (χ1v) is 2.98. The second-order valence-corrected chi connectivity index (χ2v) is 1.79. The number of ether oxygens (including phenoxy) is 1. The molecule has 0 aliphatic heterocycles. The molecule has 1 aromatic heterocycles. The minimum Gasteiger partial charge on any atom is -0.487 e. The van der Waals surface area contributed by atoms with Crippen LogP contribution in [0.1, 0.15) is 6.92 Å². The Labute approximate surface area is 58.4 Å². The molecule has 55 valence electrons. The van der Waals surface area contributed by atoms with Crippen LogP contribution in [-0.4, -0.2) is 16.4 Å². The molecule has 1 aromatic rings.